The minimum Gasteiger partial charge on any atom is -0.382 e. The molecule has 0 aliphatic carbocycles. The van der Waals surface area contributed by atoms with Crippen LogP contribution < -0.4 is 16.6 Å². The van der Waals surface area contributed by atoms with E-state index in [1.807, 2.05) is 0 Å². The predicted molar refractivity (Wildman–Crippen MR) is 90.5 cm³/mol. The molecule has 122 valence electrons. The van der Waals surface area contributed by atoms with Crippen LogP contribution in [0.1, 0.15) is 22.1 Å². The summed E-state index contributed by atoms with van der Waals surface area (Å²) in [6, 6.07) is 7.58. The summed E-state index contributed by atoms with van der Waals surface area (Å²) in [7, 11) is 0. The zero-order valence-electron chi connectivity index (χ0n) is 12.5. The topological polar surface area (TPSA) is 123 Å². The van der Waals surface area contributed by atoms with Crippen LogP contribution in [0.25, 0.3) is 11.0 Å². The number of nitrogen functional groups attached to an aromatic ring is 1. The lowest BCUT2D eigenvalue weighted by Crippen LogP contribution is -2.20. The van der Waals surface area contributed by atoms with Gasteiger partial charge in [0.25, 0.3) is 11.5 Å². The van der Waals surface area contributed by atoms with E-state index in [2.05, 4.69) is 15.4 Å². The number of nitrogens with one attached hydrogen (secondary N) is 2. The molecule has 24 heavy (non-hydrogen) atoms. The van der Waals surface area contributed by atoms with Crippen molar-refractivity contribution in [2.75, 3.05) is 11.1 Å². The number of hydrogen-bond donors (Lipinski definition) is 3. The van der Waals surface area contributed by atoms with E-state index in [-0.39, 0.29) is 17.2 Å². The van der Waals surface area contributed by atoms with Gasteiger partial charge < -0.3 is 16.0 Å². The van der Waals surface area contributed by atoms with Crippen molar-refractivity contribution in [3.8, 4) is 0 Å². The quantitative estimate of drug-likeness (QED) is 0.654. The Balaban J connectivity index is 2.01. The van der Waals surface area contributed by atoms with Gasteiger partial charge in [-0.2, -0.15) is 4.68 Å². The second-order valence-corrected chi connectivity index (χ2v) is 5.49. The normalized spacial score (nSPS) is 10.8. The molecule has 9 heteroatoms. The average molecular weight is 346 g/mol. The van der Waals surface area contributed by atoms with Crippen molar-refractivity contribution in [1.82, 2.24) is 14.8 Å². The fourth-order valence-corrected chi connectivity index (χ4v) is 2.34. The van der Waals surface area contributed by atoms with Crippen LogP contribution in [0, 0.1) is 0 Å². The van der Waals surface area contributed by atoms with Gasteiger partial charge in [0, 0.05) is 17.5 Å². The van der Waals surface area contributed by atoms with Crippen molar-refractivity contribution >= 4 is 46.0 Å². The SMILES string of the molecule is CC(=O)n1nc(N)c2cc(NC(=O)c3ccc(Cl)cc3)c(=O)[nH]c21. The Labute approximate surface area is 140 Å². The highest BCUT2D eigenvalue weighted by Gasteiger charge is 2.16. The number of anilines is 2. The first-order valence-electron chi connectivity index (χ1n) is 6.86. The summed E-state index contributed by atoms with van der Waals surface area (Å²) >= 11 is 5.77. The Morgan fingerprint density at radius 3 is 2.58 bits per heavy atom. The monoisotopic (exact) mass is 345 g/mol. The summed E-state index contributed by atoms with van der Waals surface area (Å²) in [4.78, 5) is 38.4. The van der Waals surface area contributed by atoms with Crippen molar-refractivity contribution in [3.05, 3.63) is 51.3 Å². The number of fused-ring (bicyclic) bond motifs is 1. The Hall–Kier alpha value is -3.13. The zero-order chi connectivity index (χ0) is 17.4. The zero-order valence-corrected chi connectivity index (χ0v) is 13.2. The van der Waals surface area contributed by atoms with Crippen LogP contribution >= 0.6 is 11.6 Å². The first-order valence-corrected chi connectivity index (χ1v) is 7.24. The van der Waals surface area contributed by atoms with Crippen molar-refractivity contribution in [3.63, 3.8) is 0 Å². The lowest BCUT2D eigenvalue weighted by atomic mass is 10.2. The van der Waals surface area contributed by atoms with Gasteiger partial charge in [-0.05, 0) is 30.3 Å². The minimum absolute atomic E-state index is 0.00254. The molecule has 2 aromatic heterocycles. The fraction of sp³-hybridized carbons (Fsp3) is 0.0667. The maximum atomic E-state index is 12.2. The minimum atomic E-state index is -0.577. The summed E-state index contributed by atoms with van der Waals surface area (Å²) in [6.07, 6.45) is 0. The van der Waals surface area contributed by atoms with Gasteiger partial charge in [0.05, 0.1) is 5.39 Å². The number of halogens is 1. The third-order valence-electron chi connectivity index (χ3n) is 3.37. The number of rotatable bonds is 2. The highest BCUT2D eigenvalue weighted by Crippen LogP contribution is 2.20. The van der Waals surface area contributed by atoms with E-state index in [9.17, 15) is 14.4 Å². The van der Waals surface area contributed by atoms with Crippen molar-refractivity contribution < 1.29 is 9.59 Å². The molecule has 0 fully saturated rings. The van der Waals surface area contributed by atoms with Gasteiger partial charge in [-0.15, -0.1) is 5.10 Å². The third kappa shape index (κ3) is 2.74. The highest BCUT2D eigenvalue weighted by atomic mass is 35.5. The first kappa shape index (κ1) is 15.8. The number of carbonyl (C=O) groups excluding carboxylic acids is 2. The maximum Gasteiger partial charge on any atom is 0.273 e. The summed E-state index contributed by atoms with van der Waals surface area (Å²) in [5, 5.41) is 7.22. The van der Waals surface area contributed by atoms with E-state index < -0.39 is 17.4 Å². The number of nitrogens with two attached hydrogens (primary N) is 1. The van der Waals surface area contributed by atoms with Gasteiger partial charge in [-0.3, -0.25) is 14.4 Å². The van der Waals surface area contributed by atoms with E-state index in [1.165, 1.54) is 25.1 Å². The molecule has 3 aromatic rings. The number of amides is 1. The van der Waals surface area contributed by atoms with Crippen molar-refractivity contribution in [2.45, 2.75) is 6.92 Å². The van der Waals surface area contributed by atoms with Gasteiger partial charge in [-0.25, -0.2) is 0 Å². The van der Waals surface area contributed by atoms with Crippen LogP contribution in [-0.4, -0.2) is 26.6 Å². The number of nitrogens with zero attached hydrogens (tertiary/aromatic N) is 2. The van der Waals surface area contributed by atoms with Gasteiger partial charge in [0.15, 0.2) is 5.82 Å². The van der Waals surface area contributed by atoms with E-state index in [1.54, 1.807) is 12.1 Å². The molecule has 0 atom stereocenters. The number of pyridine rings is 1. The van der Waals surface area contributed by atoms with E-state index in [4.69, 9.17) is 17.3 Å². The van der Waals surface area contributed by atoms with Gasteiger partial charge >= 0.3 is 0 Å². The molecule has 0 spiro atoms. The molecule has 0 bridgehead atoms. The standard InChI is InChI=1S/C15H12ClN5O3/c1-7(22)21-13-10(12(17)20-21)6-11(15(24)19-13)18-14(23)8-2-4-9(16)5-3-8/h2-6H,1H3,(H2,17,20)(H,18,23)(H,19,24). The van der Waals surface area contributed by atoms with Crippen LogP contribution in [0.2, 0.25) is 5.02 Å². The van der Waals surface area contributed by atoms with Crippen LogP contribution in [-0.2, 0) is 0 Å². The predicted octanol–water partition coefficient (Wildman–Crippen LogP) is 1.87. The first-order chi connectivity index (χ1) is 11.4. The second-order valence-electron chi connectivity index (χ2n) is 5.05. The number of H-pyrrole nitrogens is 1. The van der Waals surface area contributed by atoms with Crippen LogP contribution in [0.15, 0.2) is 35.1 Å². The fourth-order valence-electron chi connectivity index (χ4n) is 2.21. The molecule has 3 rings (SSSR count). The summed E-state index contributed by atoms with van der Waals surface area (Å²) in [5.74, 6) is -0.808. The molecule has 0 saturated heterocycles. The number of benzene rings is 1. The lowest BCUT2D eigenvalue weighted by Gasteiger charge is -2.05. The number of aromatic amines is 1. The largest absolute Gasteiger partial charge is 0.382 e. The van der Waals surface area contributed by atoms with Crippen molar-refractivity contribution in [2.24, 2.45) is 0 Å². The summed E-state index contributed by atoms with van der Waals surface area (Å²) in [5.41, 5.74) is 5.69. The van der Waals surface area contributed by atoms with Crippen molar-refractivity contribution in [1.29, 1.82) is 0 Å². The molecular formula is C15H12ClN5O3. The third-order valence-corrected chi connectivity index (χ3v) is 3.62. The molecular weight excluding hydrogens is 334 g/mol. The Kier molecular flexibility index (Phi) is 3.82. The smallest absolute Gasteiger partial charge is 0.273 e. The molecule has 0 radical (unpaired) electrons. The molecule has 1 aromatic carbocycles. The second kappa shape index (κ2) is 5.82. The van der Waals surface area contributed by atoms with Crippen LogP contribution in [0.3, 0.4) is 0 Å². The number of carbonyl (C=O) groups is 2. The maximum absolute atomic E-state index is 12.2. The number of hydrogen-bond acceptors (Lipinski definition) is 5. The lowest BCUT2D eigenvalue weighted by molar-refractivity contribution is 0.0925. The summed E-state index contributed by atoms with van der Waals surface area (Å²) < 4.78 is 0.997. The van der Waals surface area contributed by atoms with Gasteiger partial charge in [0.1, 0.15) is 11.3 Å². The Bertz CT molecular complexity index is 1020. The Morgan fingerprint density at radius 2 is 1.96 bits per heavy atom. The highest BCUT2D eigenvalue weighted by molar-refractivity contribution is 6.30. The molecule has 4 N–H and O–H groups in total. The molecule has 0 aliphatic rings. The Morgan fingerprint density at radius 1 is 1.29 bits per heavy atom. The molecule has 0 aliphatic heterocycles. The number of aromatic nitrogens is 3. The molecule has 1 amide bonds. The van der Waals surface area contributed by atoms with Crippen LogP contribution in [0.4, 0.5) is 11.5 Å². The molecule has 2 heterocycles. The molecule has 0 unspecified atom stereocenters. The van der Waals surface area contributed by atoms with E-state index >= 15 is 0 Å². The molecule has 0 saturated carbocycles. The molecule has 8 nitrogen and oxygen atoms in total. The van der Waals surface area contributed by atoms with Gasteiger partial charge in [0.2, 0.25) is 5.91 Å². The van der Waals surface area contributed by atoms with E-state index in [0.29, 0.717) is 16.0 Å². The van der Waals surface area contributed by atoms with Crippen LogP contribution in [0.5, 0.6) is 0 Å². The average Bonchev–Trinajstić information content (AvgIpc) is 2.85. The van der Waals surface area contributed by atoms with E-state index in [0.717, 1.165) is 4.68 Å². The summed E-state index contributed by atoms with van der Waals surface area (Å²) in [6.45, 7) is 1.29. The van der Waals surface area contributed by atoms with Gasteiger partial charge in [-0.1, -0.05) is 11.6 Å².